The number of benzene rings is 1. The molecule has 0 saturated carbocycles. The Morgan fingerprint density at radius 2 is 2.00 bits per heavy atom. The maximum absolute atomic E-state index is 12.5. The number of hydrogen-bond acceptors (Lipinski definition) is 8. The highest BCUT2D eigenvalue weighted by Crippen LogP contribution is 2.37. The van der Waals surface area contributed by atoms with Crippen molar-refractivity contribution < 1.29 is 34.4 Å². The summed E-state index contributed by atoms with van der Waals surface area (Å²) >= 11 is 6.11. The maximum atomic E-state index is 12.5. The lowest BCUT2D eigenvalue weighted by molar-refractivity contribution is -0.128. The van der Waals surface area contributed by atoms with Crippen molar-refractivity contribution in [3.63, 3.8) is 0 Å². The summed E-state index contributed by atoms with van der Waals surface area (Å²) in [4.78, 5) is 25.0. The molecular formula is C24H29ClN2O7. The number of cyclic esters (lactones) is 1. The number of nitrogens with zero attached hydrogens (tertiary/aromatic N) is 1. The number of phenols is 2. The minimum Gasteiger partial charge on any atom is -0.507 e. The van der Waals surface area contributed by atoms with Crippen LogP contribution in [0.3, 0.4) is 0 Å². The van der Waals surface area contributed by atoms with Gasteiger partial charge in [0.25, 0.3) is 0 Å². The zero-order valence-electron chi connectivity index (χ0n) is 18.9. The SMILES string of the molecule is CC1CC2OC2/C=C\C=C\C(=N)Cc2c(Cl)c(O)cc(O)c2C(=O)O1.O=C1CCCN1CCO. The van der Waals surface area contributed by atoms with E-state index in [1.54, 1.807) is 30.1 Å². The van der Waals surface area contributed by atoms with Crippen LogP contribution in [0, 0.1) is 5.41 Å². The Balaban J connectivity index is 0.000000302. The number of carbonyl (C=O) groups is 2. The van der Waals surface area contributed by atoms with E-state index < -0.39 is 17.8 Å². The van der Waals surface area contributed by atoms with Crippen LogP contribution >= 0.6 is 11.6 Å². The molecular weight excluding hydrogens is 464 g/mol. The second kappa shape index (κ2) is 11.5. The van der Waals surface area contributed by atoms with E-state index in [-0.39, 0.29) is 58.8 Å². The van der Waals surface area contributed by atoms with E-state index in [4.69, 9.17) is 31.6 Å². The molecule has 34 heavy (non-hydrogen) atoms. The molecule has 4 N–H and O–H groups in total. The number of esters is 1. The van der Waals surface area contributed by atoms with Gasteiger partial charge in [-0.05, 0) is 25.0 Å². The topological polar surface area (TPSA) is 144 Å². The fraction of sp³-hybridized carbons (Fsp3) is 0.458. The number of epoxide rings is 1. The van der Waals surface area contributed by atoms with Crippen molar-refractivity contribution >= 4 is 29.2 Å². The highest BCUT2D eigenvalue weighted by molar-refractivity contribution is 6.33. The van der Waals surface area contributed by atoms with Crippen molar-refractivity contribution in [1.82, 2.24) is 4.90 Å². The number of aliphatic hydroxyl groups is 1. The number of aliphatic hydroxyl groups excluding tert-OH is 1. The molecule has 3 unspecified atom stereocenters. The van der Waals surface area contributed by atoms with E-state index in [1.165, 1.54) is 0 Å². The van der Waals surface area contributed by atoms with Gasteiger partial charge in [-0.3, -0.25) is 4.79 Å². The number of likely N-dealkylation sites (tertiary alicyclic amines) is 1. The predicted molar refractivity (Wildman–Crippen MR) is 126 cm³/mol. The molecule has 2 saturated heterocycles. The van der Waals surface area contributed by atoms with Crippen LogP contribution in [0.5, 0.6) is 11.5 Å². The van der Waals surface area contributed by atoms with Gasteiger partial charge in [0, 0.05) is 44.1 Å². The average molecular weight is 493 g/mol. The number of rotatable bonds is 2. The first-order valence-corrected chi connectivity index (χ1v) is 11.5. The standard InChI is InChI=1S/C18H18ClNO5.C6H11NO2/c1-9-6-15-14(25-15)5-3-2-4-10(20)7-11-16(18(23)24-9)12(21)8-13(22)17(11)19;8-5-4-7-3-1-2-6(7)9/h2-5,8-9,14-15,20-22H,6-7H2,1H3;8H,1-5H2/b4-2+,5-3-,20-10?;. The van der Waals surface area contributed by atoms with Crippen molar-refractivity contribution in [2.75, 3.05) is 19.7 Å². The molecule has 0 aromatic heterocycles. The Morgan fingerprint density at radius 1 is 1.24 bits per heavy atom. The van der Waals surface area contributed by atoms with Crippen molar-refractivity contribution in [2.45, 2.75) is 50.9 Å². The minimum absolute atomic E-state index is 0.0185. The summed E-state index contributed by atoms with van der Waals surface area (Å²) in [5.74, 6) is -1.35. The second-order valence-corrected chi connectivity index (χ2v) is 8.71. The van der Waals surface area contributed by atoms with E-state index >= 15 is 0 Å². The first-order chi connectivity index (χ1) is 16.2. The molecule has 0 bridgehead atoms. The minimum atomic E-state index is -0.747. The Labute approximate surface area is 202 Å². The van der Waals surface area contributed by atoms with E-state index in [0.717, 1.165) is 19.0 Å². The molecule has 10 heteroatoms. The Kier molecular flexibility index (Phi) is 8.71. The molecule has 3 aliphatic heterocycles. The first kappa shape index (κ1) is 25.7. The summed E-state index contributed by atoms with van der Waals surface area (Å²) in [6.45, 7) is 3.18. The van der Waals surface area contributed by atoms with Crippen LogP contribution < -0.4 is 0 Å². The van der Waals surface area contributed by atoms with Gasteiger partial charge in [-0.1, -0.05) is 29.8 Å². The van der Waals surface area contributed by atoms with E-state index in [0.29, 0.717) is 19.4 Å². The number of hydrogen-bond donors (Lipinski definition) is 4. The monoisotopic (exact) mass is 492 g/mol. The Morgan fingerprint density at radius 3 is 2.68 bits per heavy atom. The fourth-order valence-corrected chi connectivity index (χ4v) is 4.08. The van der Waals surface area contributed by atoms with Gasteiger partial charge in [-0.15, -0.1) is 0 Å². The molecule has 3 aliphatic rings. The number of nitrogens with one attached hydrogen (secondary N) is 1. The number of aromatic hydroxyl groups is 2. The lowest BCUT2D eigenvalue weighted by atomic mass is 9.99. The number of allylic oxidation sites excluding steroid dienone is 3. The van der Waals surface area contributed by atoms with Crippen LogP contribution in [-0.2, 0) is 20.7 Å². The van der Waals surface area contributed by atoms with Gasteiger partial charge in [0.1, 0.15) is 29.3 Å². The number of amides is 1. The number of phenolic OH excluding ortho intramolecular Hbond substituents is 2. The first-order valence-electron chi connectivity index (χ1n) is 11.1. The van der Waals surface area contributed by atoms with Gasteiger partial charge in [0.15, 0.2) is 0 Å². The molecule has 184 valence electrons. The third-order valence-electron chi connectivity index (χ3n) is 5.64. The molecule has 0 aliphatic carbocycles. The van der Waals surface area contributed by atoms with Gasteiger partial charge in [-0.2, -0.15) is 0 Å². The predicted octanol–water partition coefficient (Wildman–Crippen LogP) is 2.74. The number of ether oxygens (including phenoxy) is 2. The number of halogens is 1. The van der Waals surface area contributed by atoms with Crippen molar-refractivity contribution in [3.8, 4) is 11.5 Å². The molecule has 3 atom stereocenters. The Hall–Kier alpha value is -2.88. The third kappa shape index (κ3) is 6.59. The van der Waals surface area contributed by atoms with Gasteiger partial charge in [0.05, 0.1) is 17.7 Å². The average Bonchev–Trinajstić information content (AvgIpc) is 3.38. The highest BCUT2D eigenvalue weighted by Gasteiger charge is 2.38. The van der Waals surface area contributed by atoms with Crippen LogP contribution in [0.4, 0.5) is 0 Å². The van der Waals surface area contributed by atoms with E-state index in [1.807, 2.05) is 6.08 Å². The quantitative estimate of drug-likeness (QED) is 0.367. The normalized spacial score (nSPS) is 26.4. The van der Waals surface area contributed by atoms with Crippen molar-refractivity contribution in [3.05, 3.63) is 46.5 Å². The summed E-state index contributed by atoms with van der Waals surface area (Å²) in [5.41, 5.74) is 0.185. The molecule has 1 amide bonds. The zero-order valence-corrected chi connectivity index (χ0v) is 19.6. The van der Waals surface area contributed by atoms with Gasteiger partial charge in [0.2, 0.25) is 5.91 Å². The van der Waals surface area contributed by atoms with Crippen LogP contribution in [0.25, 0.3) is 0 Å². The zero-order chi connectivity index (χ0) is 24.8. The smallest absolute Gasteiger partial charge is 0.342 e. The summed E-state index contributed by atoms with van der Waals surface area (Å²) < 4.78 is 10.9. The largest absolute Gasteiger partial charge is 0.507 e. The van der Waals surface area contributed by atoms with Crippen molar-refractivity contribution in [2.24, 2.45) is 0 Å². The molecule has 4 rings (SSSR count). The van der Waals surface area contributed by atoms with E-state index in [9.17, 15) is 19.8 Å². The molecule has 2 fully saturated rings. The van der Waals surface area contributed by atoms with Gasteiger partial charge in [-0.25, -0.2) is 4.79 Å². The number of fused-ring (bicyclic) bond motifs is 2. The number of carbonyl (C=O) groups excluding carboxylic acids is 2. The molecule has 0 spiro atoms. The maximum Gasteiger partial charge on any atom is 0.342 e. The molecule has 9 nitrogen and oxygen atoms in total. The second-order valence-electron chi connectivity index (χ2n) is 8.33. The van der Waals surface area contributed by atoms with E-state index in [2.05, 4.69) is 0 Å². The van der Waals surface area contributed by atoms with Crippen LogP contribution in [0.2, 0.25) is 5.02 Å². The summed E-state index contributed by atoms with van der Waals surface area (Å²) in [6, 6.07) is 0.998. The molecule has 0 radical (unpaired) electrons. The van der Waals surface area contributed by atoms with Crippen LogP contribution in [-0.4, -0.2) is 75.8 Å². The van der Waals surface area contributed by atoms with Crippen LogP contribution in [0.1, 0.15) is 42.1 Å². The third-order valence-corrected chi connectivity index (χ3v) is 6.06. The lowest BCUT2D eigenvalue weighted by Gasteiger charge is -2.17. The molecule has 3 heterocycles. The molecule has 1 aromatic carbocycles. The fourth-order valence-electron chi connectivity index (χ4n) is 3.87. The summed E-state index contributed by atoms with van der Waals surface area (Å²) in [7, 11) is 0. The molecule has 1 aromatic rings. The van der Waals surface area contributed by atoms with Gasteiger partial charge < -0.3 is 35.1 Å². The number of β-amino-alcohol motifs (C(OH)–C–C–N with tert-alkyl or cyclic N) is 1. The lowest BCUT2D eigenvalue weighted by Crippen LogP contribution is -2.27. The van der Waals surface area contributed by atoms with Crippen molar-refractivity contribution in [1.29, 1.82) is 5.41 Å². The Bertz CT molecular complexity index is 1010. The van der Waals surface area contributed by atoms with Gasteiger partial charge >= 0.3 is 5.97 Å². The highest BCUT2D eigenvalue weighted by atomic mass is 35.5. The summed E-state index contributed by atoms with van der Waals surface area (Å²) in [6.07, 6.45) is 8.58. The van der Waals surface area contributed by atoms with Crippen LogP contribution in [0.15, 0.2) is 30.4 Å². The summed E-state index contributed by atoms with van der Waals surface area (Å²) in [5, 5.41) is 36.4.